The van der Waals surface area contributed by atoms with Gasteiger partial charge in [-0.15, -0.1) is 22.7 Å². The topological polar surface area (TPSA) is 95.3 Å². The quantitative estimate of drug-likeness (QED) is 0.591. The number of thiophene rings is 1. The molecule has 9 heteroatoms. The maximum Gasteiger partial charge on any atom is 0.265 e. The highest BCUT2D eigenvalue weighted by atomic mass is 32.1. The Morgan fingerprint density at radius 2 is 2.09 bits per heavy atom. The zero-order valence-electron chi connectivity index (χ0n) is 18.4. The zero-order valence-corrected chi connectivity index (χ0v) is 20.0. The molecule has 3 aromatic rings. The summed E-state index contributed by atoms with van der Waals surface area (Å²) in [5.74, 6) is -0.0654. The number of carbonyl (C=O) groups is 2. The van der Waals surface area contributed by atoms with Crippen molar-refractivity contribution in [2.75, 3.05) is 23.4 Å². The molecule has 168 valence electrons. The Hall–Kier alpha value is -3.22. The lowest BCUT2D eigenvalue weighted by molar-refractivity contribution is -0.123. The molecule has 7 nitrogen and oxygen atoms in total. The van der Waals surface area contributed by atoms with E-state index >= 15 is 0 Å². The first-order chi connectivity index (χ1) is 15.9. The molecule has 0 radical (unpaired) electrons. The summed E-state index contributed by atoms with van der Waals surface area (Å²) in [7, 11) is 0. The van der Waals surface area contributed by atoms with Crippen molar-refractivity contribution in [3.8, 4) is 23.1 Å². The average Bonchev–Trinajstić information content (AvgIpc) is 3.33. The Kier molecular flexibility index (Phi) is 5.64. The maximum atomic E-state index is 13.0. The van der Waals surface area contributed by atoms with Gasteiger partial charge in [0.05, 0.1) is 22.0 Å². The fourth-order valence-corrected chi connectivity index (χ4v) is 6.50. The molecule has 0 spiro atoms. The third-order valence-corrected chi connectivity index (χ3v) is 8.01. The van der Waals surface area contributed by atoms with Crippen LogP contribution in [0.5, 0.6) is 5.75 Å². The molecule has 1 N–H and O–H groups in total. The first kappa shape index (κ1) is 21.6. The second kappa shape index (κ2) is 8.61. The molecule has 0 bridgehead atoms. The van der Waals surface area contributed by atoms with E-state index in [0.29, 0.717) is 22.0 Å². The molecule has 1 aliphatic heterocycles. The number of nitrogens with one attached hydrogen (secondary N) is 1. The largest absolute Gasteiger partial charge is 0.482 e. The van der Waals surface area contributed by atoms with Gasteiger partial charge in [-0.3, -0.25) is 14.5 Å². The van der Waals surface area contributed by atoms with Crippen molar-refractivity contribution in [2.24, 2.45) is 0 Å². The third kappa shape index (κ3) is 4.01. The maximum absolute atomic E-state index is 13.0. The van der Waals surface area contributed by atoms with Gasteiger partial charge < -0.3 is 10.1 Å². The van der Waals surface area contributed by atoms with Gasteiger partial charge in [-0.25, -0.2) is 4.98 Å². The molecular formula is C24H22N4O3S2. The molecule has 0 saturated carbocycles. The van der Waals surface area contributed by atoms with Crippen molar-refractivity contribution >= 4 is 45.2 Å². The Balaban J connectivity index is 1.41. The van der Waals surface area contributed by atoms with Crippen molar-refractivity contribution in [1.82, 2.24) is 4.98 Å². The molecule has 2 aliphatic rings. The summed E-state index contributed by atoms with van der Waals surface area (Å²) in [5, 5.41) is 14.1. The van der Waals surface area contributed by atoms with Crippen LogP contribution in [-0.2, 0) is 22.4 Å². The molecule has 2 amide bonds. The van der Waals surface area contributed by atoms with Crippen LogP contribution in [0.1, 0.15) is 38.7 Å². The molecule has 1 aliphatic carbocycles. The Bertz CT molecular complexity index is 1320. The zero-order chi connectivity index (χ0) is 23.1. The predicted molar refractivity (Wildman–Crippen MR) is 129 cm³/mol. The van der Waals surface area contributed by atoms with Crippen LogP contribution in [0.15, 0.2) is 18.2 Å². The number of aromatic nitrogens is 1. The highest BCUT2D eigenvalue weighted by Crippen LogP contribution is 2.39. The number of fused-ring (bicyclic) bond motifs is 2. The van der Waals surface area contributed by atoms with Crippen LogP contribution in [0.4, 0.5) is 10.7 Å². The van der Waals surface area contributed by atoms with Crippen molar-refractivity contribution in [1.29, 1.82) is 5.26 Å². The van der Waals surface area contributed by atoms with Gasteiger partial charge in [0.15, 0.2) is 6.61 Å². The first-order valence-corrected chi connectivity index (χ1v) is 12.4. The highest BCUT2D eigenvalue weighted by Gasteiger charge is 2.29. The number of aryl methyl sites for hydroxylation is 3. The van der Waals surface area contributed by atoms with Gasteiger partial charge in [0.25, 0.3) is 5.91 Å². The molecule has 0 saturated heterocycles. The molecule has 3 heterocycles. The summed E-state index contributed by atoms with van der Waals surface area (Å²) < 4.78 is 5.60. The normalized spacial score (nSPS) is 14.8. The minimum Gasteiger partial charge on any atom is -0.482 e. The van der Waals surface area contributed by atoms with E-state index in [-0.39, 0.29) is 25.0 Å². The Morgan fingerprint density at radius 3 is 2.85 bits per heavy atom. The van der Waals surface area contributed by atoms with Crippen LogP contribution >= 0.6 is 22.7 Å². The monoisotopic (exact) mass is 478 g/mol. The summed E-state index contributed by atoms with van der Waals surface area (Å²) >= 11 is 3.09. The molecule has 33 heavy (non-hydrogen) atoms. The SMILES string of the molecule is Cc1nc(-c2ccc3c(c2)N(CC(=O)Nc2sc4c(c2C#N)CCCC4)C(=O)CO3)c(C)s1. The number of nitrogens with zero attached hydrogens (tertiary/aromatic N) is 3. The summed E-state index contributed by atoms with van der Waals surface area (Å²) in [6.07, 6.45) is 3.98. The first-order valence-electron chi connectivity index (χ1n) is 10.8. The van der Waals surface area contributed by atoms with Gasteiger partial charge in [0.2, 0.25) is 5.91 Å². The van der Waals surface area contributed by atoms with Gasteiger partial charge in [0.1, 0.15) is 23.4 Å². The molecule has 1 aromatic carbocycles. The van der Waals surface area contributed by atoms with Crippen molar-refractivity contribution in [3.05, 3.63) is 44.1 Å². The van der Waals surface area contributed by atoms with E-state index in [4.69, 9.17) is 4.74 Å². The van der Waals surface area contributed by atoms with Crippen LogP contribution in [0.2, 0.25) is 0 Å². The molecule has 5 rings (SSSR count). The summed E-state index contributed by atoms with van der Waals surface area (Å²) in [5.41, 5.74) is 3.92. The minimum absolute atomic E-state index is 0.120. The van der Waals surface area contributed by atoms with Gasteiger partial charge in [-0.2, -0.15) is 5.26 Å². The average molecular weight is 479 g/mol. The number of hydrogen-bond donors (Lipinski definition) is 1. The van der Waals surface area contributed by atoms with E-state index in [1.165, 1.54) is 21.1 Å². The van der Waals surface area contributed by atoms with E-state index in [1.807, 2.05) is 32.0 Å². The second-order valence-corrected chi connectivity index (χ2v) is 10.7. The number of anilines is 2. The third-order valence-electron chi connectivity index (χ3n) is 5.92. The lowest BCUT2D eigenvalue weighted by atomic mass is 9.96. The number of nitriles is 1. The van der Waals surface area contributed by atoms with E-state index in [0.717, 1.165) is 52.4 Å². The smallest absolute Gasteiger partial charge is 0.265 e. The van der Waals surface area contributed by atoms with Crippen LogP contribution < -0.4 is 15.0 Å². The van der Waals surface area contributed by atoms with Crippen molar-refractivity contribution in [3.63, 3.8) is 0 Å². The van der Waals surface area contributed by atoms with Crippen LogP contribution in [0.3, 0.4) is 0 Å². The lowest BCUT2D eigenvalue weighted by Gasteiger charge is -2.29. The van der Waals surface area contributed by atoms with E-state index in [2.05, 4.69) is 16.4 Å². The van der Waals surface area contributed by atoms with Crippen molar-refractivity contribution in [2.45, 2.75) is 39.5 Å². The van der Waals surface area contributed by atoms with Gasteiger partial charge in [-0.1, -0.05) is 0 Å². The van der Waals surface area contributed by atoms with E-state index in [1.54, 1.807) is 11.3 Å². The molecule has 0 unspecified atom stereocenters. The lowest BCUT2D eigenvalue weighted by Crippen LogP contribution is -2.43. The standard InChI is InChI=1S/C24H22N4O3S2/c1-13-23(26-14(2)32-13)15-7-8-19-18(9-15)28(22(30)12-31-19)11-21(29)27-24-17(10-25)16-5-3-4-6-20(16)33-24/h7-9H,3-6,11-12H2,1-2H3,(H,27,29). The molecular weight excluding hydrogens is 456 g/mol. The van der Waals surface area contributed by atoms with Crippen LogP contribution in [0.25, 0.3) is 11.3 Å². The summed E-state index contributed by atoms with van der Waals surface area (Å²) in [6.45, 7) is 3.70. The summed E-state index contributed by atoms with van der Waals surface area (Å²) in [4.78, 5) is 34.0. The number of ether oxygens (including phenoxy) is 1. The number of carbonyl (C=O) groups excluding carboxylic acids is 2. The van der Waals surface area contributed by atoms with Crippen LogP contribution in [-0.4, -0.2) is 29.9 Å². The Morgan fingerprint density at radius 1 is 1.27 bits per heavy atom. The number of thiazole rings is 1. The summed E-state index contributed by atoms with van der Waals surface area (Å²) in [6, 6.07) is 7.85. The van der Waals surface area contributed by atoms with Crippen molar-refractivity contribution < 1.29 is 14.3 Å². The van der Waals surface area contributed by atoms with Gasteiger partial charge >= 0.3 is 0 Å². The predicted octanol–water partition coefficient (Wildman–Crippen LogP) is 4.60. The molecule has 2 aromatic heterocycles. The van der Waals surface area contributed by atoms with Crippen LogP contribution in [0, 0.1) is 25.2 Å². The van der Waals surface area contributed by atoms with E-state index < -0.39 is 0 Å². The minimum atomic E-state index is -0.336. The fourth-order valence-electron chi connectivity index (χ4n) is 4.40. The second-order valence-electron chi connectivity index (χ2n) is 8.16. The Labute approximate surface area is 199 Å². The molecule has 0 fully saturated rings. The highest BCUT2D eigenvalue weighted by molar-refractivity contribution is 7.16. The number of amides is 2. The number of hydrogen-bond acceptors (Lipinski definition) is 7. The number of benzene rings is 1. The van der Waals surface area contributed by atoms with E-state index in [9.17, 15) is 14.9 Å². The fraction of sp³-hybridized carbons (Fsp3) is 0.333. The van der Waals surface area contributed by atoms with Gasteiger partial charge in [0, 0.05) is 15.3 Å². The number of rotatable bonds is 4. The molecule has 0 atom stereocenters. The van der Waals surface area contributed by atoms with Gasteiger partial charge in [-0.05, 0) is 63.3 Å².